The van der Waals surface area contributed by atoms with Gasteiger partial charge in [-0.3, -0.25) is 34.2 Å². The summed E-state index contributed by atoms with van der Waals surface area (Å²) in [7, 11) is 1.86. The molecule has 4 amide bonds. The van der Waals surface area contributed by atoms with Gasteiger partial charge in [0.25, 0.3) is 23.4 Å². The zero-order chi connectivity index (χ0) is 28.6. The predicted molar refractivity (Wildman–Crippen MR) is 146 cm³/mol. The lowest BCUT2D eigenvalue weighted by Gasteiger charge is -2.21. The molecule has 41 heavy (non-hydrogen) atoms. The highest BCUT2D eigenvalue weighted by atomic mass is 35.5. The van der Waals surface area contributed by atoms with Crippen molar-refractivity contribution in [2.45, 2.75) is 6.92 Å². The number of nitrogens with one attached hydrogen (secondary N) is 1. The van der Waals surface area contributed by atoms with Gasteiger partial charge in [-0.25, -0.2) is 9.47 Å². The van der Waals surface area contributed by atoms with Gasteiger partial charge in [-0.1, -0.05) is 12.1 Å². The van der Waals surface area contributed by atoms with E-state index in [0.717, 1.165) is 11.0 Å². The lowest BCUT2D eigenvalue weighted by atomic mass is 10.1. The van der Waals surface area contributed by atoms with Gasteiger partial charge in [0.15, 0.2) is 12.4 Å². The largest absolute Gasteiger partial charge is 1.00 e. The number of hydrogen-bond donors (Lipinski definition) is 1. The maximum Gasteiger partial charge on any atom is 0.284 e. The molecule has 0 bridgehead atoms. The van der Waals surface area contributed by atoms with Crippen LogP contribution in [0.1, 0.15) is 38.0 Å². The number of anilines is 4. The van der Waals surface area contributed by atoms with Gasteiger partial charge in [0.2, 0.25) is 5.91 Å². The Labute approximate surface area is 240 Å². The van der Waals surface area contributed by atoms with Crippen LogP contribution in [0.2, 0.25) is 0 Å². The number of benzene rings is 3. The lowest BCUT2D eigenvalue weighted by molar-refractivity contribution is -0.671. The average molecular weight is 572 g/mol. The van der Waals surface area contributed by atoms with Crippen LogP contribution in [0.25, 0.3) is 0 Å². The first-order valence-electron chi connectivity index (χ1n) is 12.1. The van der Waals surface area contributed by atoms with Crippen molar-refractivity contribution < 1.29 is 41.1 Å². The number of fused-ring (bicyclic) bond motifs is 1. The third-order valence-corrected chi connectivity index (χ3v) is 6.39. The normalized spacial score (nSPS) is 11.9. The number of aromatic nitrogens is 1. The maximum absolute atomic E-state index is 13.0. The number of pyridine rings is 1. The van der Waals surface area contributed by atoms with Crippen molar-refractivity contribution >= 4 is 52.1 Å². The van der Waals surface area contributed by atoms with Gasteiger partial charge in [-0.2, -0.15) is 0 Å². The molecule has 1 N–H and O–H groups in total. The third kappa shape index (κ3) is 5.38. The number of amides is 4. The molecule has 0 atom stereocenters. The maximum atomic E-state index is 13.0. The van der Waals surface area contributed by atoms with E-state index in [9.17, 15) is 29.3 Å². The second-order valence-corrected chi connectivity index (χ2v) is 9.03. The monoisotopic (exact) mass is 571 g/mol. The third-order valence-electron chi connectivity index (χ3n) is 6.39. The highest BCUT2D eigenvalue weighted by Gasteiger charge is 2.37. The fraction of sp³-hybridized carbons (Fsp3) is 0.0690. The molecule has 1 aliphatic rings. The number of carbonyl (C=O) groups is 4. The summed E-state index contributed by atoms with van der Waals surface area (Å²) in [6.45, 7) is 1.44. The number of rotatable bonds is 6. The summed E-state index contributed by atoms with van der Waals surface area (Å²) in [5.41, 5.74) is 1.13. The predicted octanol–water partition coefficient (Wildman–Crippen LogP) is 1.16. The van der Waals surface area contributed by atoms with Gasteiger partial charge in [-0.05, 0) is 48.5 Å². The van der Waals surface area contributed by atoms with E-state index in [1.807, 2.05) is 24.0 Å². The Morgan fingerprint density at radius 2 is 1.44 bits per heavy atom. The average Bonchev–Trinajstić information content (AvgIpc) is 3.20. The minimum atomic E-state index is -0.757. The van der Waals surface area contributed by atoms with Gasteiger partial charge < -0.3 is 17.7 Å². The second kappa shape index (κ2) is 11.4. The molecule has 0 aliphatic carbocycles. The topological polar surface area (TPSA) is 134 Å². The van der Waals surface area contributed by atoms with Gasteiger partial charge in [-0.15, -0.1) is 0 Å². The van der Waals surface area contributed by atoms with Crippen molar-refractivity contribution in [1.82, 2.24) is 0 Å². The van der Waals surface area contributed by atoms with E-state index in [1.165, 1.54) is 36.1 Å². The Hall–Kier alpha value is -5.42. The van der Waals surface area contributed by atoms with E-state index in [-0.39, 0.29) is 40.7 Å². The van der Waals surface area contributed by atoms with Crippen LogP contribution < -0.4 is 32.1 Å². The van der Waals surface area contributed by atoms with Crippen LogP contribution >= 0.6 is 0 Å². The summed E-state index contributed by atoms with van der Waals surface area (Å²) >= 11 is 0. The second-order valence-electron chi connectivity index (χ2n) is 9.03. The molecule has 0 fully saturated rings. The van der Waals surface area contributed by atoms with Gasteiger partial charge >= 0.3 is 0 Å². The summed E-state index contributed by atoms with van der Waals surface area (Å²) in [6, 6.07) is 19.8. The molecule has 3 aromatic carbocycles. The number of aryl methyl sites for hydroxylation is 1. The molecule has 11 nitrogen and oxygen atoms in total. The quantitative estimate of drug-likeness (QED) is 0.160. The minimum Gasteiger partial charge on any atom is -1.00 e. The van der Waals surface area contributed by atoms with Crippen LogP contribution in [0.5, 0.6) is 0 Å². The van der Waals surface area contributed by atoms with E-state index in [4.69, 9.17) is 0 Å². The first kappa shape index (κ1) is 28.6. The lowest BCUT2D eigenvalue weighted by Crippen LogP contribution is -3.00. The van der Waals surface area contributed by atoms with Crippen LogP contribution in [-0.2, 0) is 11.8 Å². The van der Waals surface area contributed by atoms with Crippen molar-refractivity contribution in [3.63, 3.8) is 0 Å². The molecule has 2 heterocycles. The van der Waals surface area contributed by atoms with Crippen LogP contribution in [0.4, 0.5) is 28.4 Å². The Balaban J connectivity index is 0.00000387. The van der Waals surface area contributed by atoms with E-state index in [2.05, 4.69) is 5.32 Å². The summed E-state index contributed by atoms with van der Waals surface area (Å²) in [4.78, 5) is 64.5. The van der Waals surface area contributed by atoms with E-state index < -0.39 is 28.3 Å². The Bertz CT molecular complexity index is 1670. The molecule has 206 valence electrons. The van der Waals surface area contributed by atoms with Crippen LogP contribution in [-0.4, -0.2) is 28.6 Å². The number of imide groups is 1. The SMILES string of the molecule is CC(=O)N(c1ccc(NC(=O)c2ccc(N3C(=O)c4ccccc4C3=O)cc2[N+](=O)[O-])cc1)c1cc[n+](C)cc1.[Cl-]. The molecule has 0 spiro atoms. The fourth-order valence-corrected chi connectivity index (χ4v) is 4.47. The zero-order valence-electron chi connectivity index (χ0n) is 21.8. The summed E-state index contributed by atoms with van der Waals surface area (Å²) in [5, 5.41) is 14.5. The summed E-state index contributed by atoms with van der Waals surface area (Å²) < 4.78 is 1.84. The fourth-order valence-electron chi connectivity index (χ4n) is 4.47. The molecule has 5 rings (SSSR count). The smallest absolute Gasteiger partial charge is 0.284 e. The minimum absolute atomic E-state index is 0. The number of nitro benzene ring substituents is 1. The van der Waals surface area contributed by atoms with E-state index in [1.54, 1.807) is 48.5 Å². The molecule has 0 saturated carbocycles. The molecule has 0 radical (unpaired) electrons. The van der Waals surface area contributed by atoms with E-state index >= 15 is 0 Å². The molecular weight excluding hydrogens is 550 g/mol. The van der Waals surface area contributed by atoms with Crippen LogP contribution in [0.15, 0.2) is 91.3 Å². The standard InChI is InChI=1S/C29H21N5O6.ClH/c1-18(35)32(21-13-15-31(2)16-14-21)20-9-7-19(8-10-20)30-27(36)25-12-11-22(17-26(25)34(39)40)33-28(37)23-5-3-4-6-24(23)29(33)38;/h3-17H,1-2H3;1H. The molecule has 12 heteroatoms. The van der Waals surface area contributed by atoms with Crippen molar-refractivity contribution in [2.24, 2.45) is 7.05 Å². The Morgan fingerprint density at radius 1 is 0.878 bits per heavy atom. The molecular formula is C29H22ClN5O6. The summed E-state index contributed by atoms with van der Waals surface area (Å²) in [6.07, 6.45) is 3.62. The first-order chi connectivity index (χ1) is 19.2. The number of nitro groups is 1. The van der Waals surface area contributed by atoms with Crippen LogP contribution in [0, 0.1) is 10.1 Å². The molecule has 0 unspecified atom stereocenters. The van der Waals surface area contributed by atoms with Gasteiger partial charge in [0.05, 0.1) is 27.4 Å². The summed E-state index contributed by atoms with van der Waals surface area (Å²) in [5.74, 6) is -2.17. The Kier molecular flexibility index (Phi) is 7.92. The molecule has 1 aliphatic heterocycles. The molecule has 4 aromatic rings. The van der Waals surface area contributed by atoms with Gasteiger partial charge in [0, 0.05) is 36.5 Å². The first-order valence-corrected chi connectivity index (χ1v) is 12.1. The molecule has 1 aromatic heterocycles. The number of carbonyl (C=O) groups excluding carboxylic acids is 4. The highest BCUT2D eigenvalue weighted by molar-refractivity contribution is 6.34. The molecule has 0 saturated heterocycles. The van der Waals surface area contributed by atoms with Crippen molar-refractivity contribution in [2.75, 3.05) is 15.1 Å². The van der Waals surface area contributed by atoms with Crippen molar-refractivity contribution in [3.05, 3.63) is 118 Å². The van der Waals surface area contributed by atoms with Gasteiger partial charge in [0.1, 0.15) is 12.6 Å². The zero-order valence-corrected chi connectivity index (χ0v) is 22.5. The van der Waals surface area contributed by atoms with Crippen LogP contribution in [0.3, 0.4) is 0 Å². The highest BCUT2D eigenvalue weighted by Crippen LogP contribution is 2.33. The van der Waals surface area contributed by atoms with Crippen molar-refractivity contribution in [3.8, 4) is 0 Å². The number of nitrogens with zero attached hydrogens (tertiary/aromatic N) is 4. The Morgan fingerprint density at radius 3 is 1.98 bits per heavy atom. The van der Waals surface area contributed by atoms with Crippen molar-refractivity contribution in [1.29, 1.82) is 0 Å². The van der Waals surface area contributed by atoms with E-state index in [0.29, 0.717) is 17.1 Å². The number of halogens is 1. The number of hydrogen-bond acceptors (Lipinski definition) is 6.